The quantitative estimate of drug-likeness (QED) is 0.296. The number of thioether (sulfide) groups is 1. The number of rotatable bonds is 4. The van der Waals surface area contributed by atoms with E-state index >= 15 is 0 Å². The number of nitro groups is 1. The van der Waals surface area contributed by atoms with Crippen LogP contribution in [-0.2, 0) is 4.79 Å². The molecule has 21 heavy (non-hydrogen) atoms. The van der Waals surface area contributed by atoms with Gasteiger partial charge in [0.05, 0.1) is 22.9 Å². The molecule has 1 heterocycles. The van der Waals surface area contributed by atoms with Gasteiger partial charge in [0, 0.05) is 12.1 Å². The van der Waals surface area contributed by atoms with E-state index in [2.05, 4.69) is 5.73 Å². The predicted molar refractivity (Wildman–Crippen MR) is 80.7 cm³/mol. The highest BCUT2D eigenvalue weighted by Gasteiger charge is 2.31. The van der Waals surface area contributed by atoms with E-state index in [-0.39, 0.29) is 24.0 Å². The Morgan fingerprint density at radius 2 is 2.19 bits per heavy atom. The van der Waals surface area contributed by atoms with Gasteiger partial charge in [0.1, 0.15) is 4.32 Å². The van der Waals surface area contributed by atoms with Gasteiger partial charge in [-0.3, -0.25) is 19.8 Å². The average molecular weight is 346 g/mol. The second kappa shape index (κ2) is 7.51. The lowest BCUT2D eigenvalue weighted by Gasteiger charge is -2.10. The van der Waals surface area contributed by atoms with Crippen molar-refractivity contribution in [2.24, 2.45) is 0 Å². The van der Waals surface area contributed by atoms with E-state index in [1.54, 1.807) is 18.2 Å². The van der Waals surface area contributed by atoms with Gasteiger partial charge in [-0.1, -0.05) is 36.1 Å². The summed E-state index contributed by atoms with van der Waals surface area (Å²) in [5.74, 6) is -0.171. The highest BCUT2D eigenvalue weighted by molar-refractivity contribution is 8.26. The van der Waals surface area contributed by atoms with Crippen LogP contribution in [0.3, 0.4) is 0 Å². The SMILES string of the molecule is [Cl-].[NH3+]CCN1C(=O)/C(=C\c2cccc([N+](=O)[O-])c2)SC1=S. The van der Waals surface area contributed by atoms with Gasteiger partial charge in [0.2, 0.25) is 0 Å². The minimum atomic E-state index is -0.467. The molecule has 9 heteroatoms. The second-order valence-electron chi connectivity index (χ2n) is 4.04. The monoisotopic (exact) mass is 345 g/mol. The lowest BCUT2D eigenvalue weighted by atomic mass is 10.2. The number of thiocarbonyl (C=S) groups is 1. The van der Waals surface area contributed by atoms with Crippen molar-refractivity contribution < 1.29 is 27.9 Å². The molecular weight excluding hydrogens is 334 g/mol. The van der Waals surface area contributed by atoms with Gasteiger partial charge in [-0.2, -0.15) is 0 Å². The van der Waals surface area contributed by atoms with E-state index in [4.69, 9.17) is 12.2 Å². The first kappa shape index (κ1) is 17.6. The number of nitro benzene ring substituents is 1. The van der Waals surface area contributed by atoms with E-state index in [9.17, 15) is 14.9 Å². The van der Waals surface area contributed by atoms with Crippen molar-refractivity contribution in [2.75, 3.05) is 13.1 Å². The van der Waals surface area contributed by atoms with Crippen LogP contribution in [0.4, 0.5) is 5.69 Å². The normalized spacial score (nSPS) is 16.2. The van der Waals surface area contributed by atoms with E-state index in [0.29, 0.717) is 27.9 Å². The Morgan fingerprint density at radius 1 is 1.48 bits per heavy atom. The van der Waals surface area contributed by atoms with Crippen molar-refractivity contribution in [3.63, 3.8) is 0 Å². The standard InChI is InChI=1S/C12H11N3O3S2.ClH/c13-4-5-14-11(16)10(20-12(14)19)7-8-2-1-3-9(6-8)15(17)18;/h1-3,6-7H,4-5,13H2;1H/b10-7+;. The smallest absolute Gasteiger partial charge is 0.270 e. The summed E-state index contributed by atoms with van der Waals surface area (Å²) in [6.07, 6.45) is 1.62. The summed E-state index contributed by atoms with van der Waals surface area (Å²) in [5, 5.41) is 10.7. The molecule has 1 aliphatic rings. The molecule has 1 fully saturated rings. The molecule has 1 saturated heterocycles. The topological polar surface area (TPSA) is 91.1 Å². The molecule has 0 atom stereocenters. The van der Waals surface area contributed by atoms with Crippen LogP contribution in [0.2, 0.25) is 0 Å². The van der Waals surface area contributed by atoms with Crippen LogP contribution in [0.15, 0.2) is 29.2 Å². The fraction of sp³-hybridized carbons (Fsp3) is 0.167. The largest absolute Gasteiger partial charge is 1.00 e. The van der Waals surface area contributed by atoms with Crippen LogP contribution < -0.4 is 18.1 Å². The molecular formula is C12H12ClN3O3S2. The Bertz CT molecular complexity index is 622. The number of nitrogens with zero attached hydrogens (tertiary/aromatic N) is 2. The summed E-state index contributed by atoms with van der Waals surface area (Å²) in [5.41, 5.74) is 4.30. The van der Waals surface area contributed by atoms with Crippen LogP contribution in [0.1, 0.15) is 5.56 Å². The maximum Gasteiger partial charge on any atom is 0.270 e. The number of benzene rings is 1. The Hall–Kier alpha value is -1.48. The third kappa shape index (κ3) is 4.01. The Balaban J connectivity index is 0.00000220. The van der Waals surface area contributed by atoms with Crippen LogP contribution in [-0.4, -0.2) is 33.1 Å². The minimum absolute atomic E-state index is 0. The van der Waals surface area contributed by atoms with E-state index < -0.39 is 4.92 Å². The molecule has 0 unspecified atom stereocenters. The van der Waals surface area contributed by atoms with Crippen molar-refractivity contribution in [3.05, 3.63) is 44.8 Å². The van der Waals surface area contributed by atoms with Gasteiger partial charge in [-0.25, -0.2) is 0 Å². The first-order chi connectivity index (χ1) is 9.52. The third-order valence-electron chi connectivity index (χ3n) is 2.63. The van der Waals surface area contributed by atoms with E-state index in [1.165, 1.54) is 28.8 Å². The number of carbonyl (C=O) groups excluding carboxylic acids is 1. The van der Waals surface area contributed by atoms with Crippen molar-refractivity contribution >= 4 is 46.0 Å². The molecule has 0 bridgehead atoms. The molecule has 1 amide bonds. The van der Waals surface area contributed by atoms with Crippen LogP contribution in [0, 0.1) is 10.1 Å². The molecule has 1 aromatic carbocycles. The summed E-state index contributed by atoms with van der Waals surface area (Å²) in [6.45, 7) is 1.06. The molecule has 0 spiro atoms. The Morgan fingerprint density at radius 3 is 2.81 bits per heavy atom. The molecule has 0 aromatic heterocycles. The predicted octanol–water partition coefficient (Wildman–Crippen LogP) is -1.96. The van der Waals surface area contributed by atoms with E-state index in [0.717, 1.165) is 0 Å². The molecule has 3 N–H and O–H groups in total. The Labute approximate surface area is 136 Å². The molecule has 0 radical (unpaired) electrons. The van der Waals surface area contributed by atoms with Gasteiger partial charge >= 0.3 is 0 Å². The minimum Gasteiger partial charge on any atom is -1.00 e. The molecule has 1 aliphatic heterocycles. The zero-order valence-electron chi connectivity index (χ0n) is 10.8. The van der Waals surface area contributed by atoms with Crippen LogP contribution in [0.5, 0.6) is 0 Å². The number of carbonyl (C=O) groups is 1. The summed E-state index contributed by atoms with van der Waals surface area (Å²) in [4.78, 5) is 24.3. The van der Waals surface area contributed by atoms with Gasteiger partial charge < -0.3 is 18.1 Å². The first-order valence-corrected chi connectivity index (χ1v) is 7.04. The van der Waals surface area contributed by atoms with Crippen LogP contribution in [0.25, 0.3) is 6.08 Å². The molecule has 0 aliphatic carbocycles. The molecule has 0 saturated carbocycles. The zero-order chi connectivity index (χ0) is 14.7. The van der Waals surface area contributed by atoms with Gasteiger partial charge in [0.25, 0.3) is 11.6 Å². The average Bonchev–Trinajstić information content (AvgIpc) is 2.67. The van der Waals surface area contributed by atoms with Crippen molar-refractivity contribution in [3.8, 4) is 0 Å². The number of halogens is 1. The second-order valence-corrected chi connectivity index (χ2v) is 5.71. The summed E-state index contributed by atoms with van der Waals surface area (Å²) in [6, 6.07) is 6.13. The maximum atomic E-state index is 12.1. The lowest BCUT2D eigenvalue weighted by molar-refractivity contribution is -0.384. The van der Waals surface area contributed by atoms with Crippen LogP contribution >= 0.6 is 24.0 Å². The Kier molecular flexibility index (Phi) is 6.28. The highest BCUT2D eigenvalue weighted by Crippen LogP contribution is 2.32. The third-order valence-corrected chi connectivity index (χ3v) is 4.01. The number of quaternary nitrogens is 1. The highest BCUT2D eigenvalue weighted by atomic mass is 35.5. The maximum absolute atomic E-state index is 12.1. The molecule has 6 nitrogen and oxygen atoms in total. The molecule has 112 valence electrons. The van der Waals surface area contributed by atoms with Gasteiger partial charge in [-0.15, -0.1) is 0 Å². The van der Waals surface area contributed by atoms with E-state index in [1.807, 2.05) is 0 Å². The molecule has 2 rings (SSSR count). The number of non-ortho nitro benzene ring substituents is 1. The summed E-state index contributed by atoms with van der Waals surface area (Å²) >= 11 is 6.34. The number of hydrogen-bond donors (Lipinski definition) is 1. The van der Waals surface area contributed by atoms with Gasteiger partial charge in [0.15, 0.2) is 0 Å². The number of amides is 1. The van der Waals surface area contributed by atoms with Crippen molar-refractivity contribution in [1.82, 2.24) is 4.90 Å². The fourth-order valence-electron chi connectivity index (χ4n) is 1.73. The van der Waals surface area contributed by atoms with Crippen molar-refractivity contribution in [1.29, 1.82) is 0 Å². The first-order valence-electron chi connectivity index (χ1n) is 5.82. The summed E-state index contributed by atoms with van der Waals surface area (Å²) < 4.78 is 0.496. The zero-order valence-corrected chi connectivity index (χ0v) is 13.2. The number of hydrogen-bond acceptors (Lipinski definition) is 5. The summed E-state index contributed by atoms with van der Waals surface area (Å²) in [7, 11) is 0. The van der Waals surface area contributed by atoms with Crippen molar-refractivity contribution in [2.45, 2.75) is 0 Å². The fourth-order valence-corrected chi connectivity index (χ4v) is 3.04. The molecule has 1 aromatic rings. The van der Waals surface area contributed by atoms with Gasteiger partial charge in [-0.05, 0) is 11.6 Å². The lowest BCUT2D eigenvalue weighted by Crippen LogP contribution is -3.00.